The van der Waals surface area contributed by atoms with Crippen molar-refractivity contribution >= 4 is 5.91 Å². The van der Waals surface area contributed by atoms with Gasteiger partial charge in [-0.05, 0) is 52.0 Å². The van der Waals surface area contributed by atoms with Gasteiger partial charge in [-0.2, -0.15) is 13.2 Å². The second-order valence-electron chi connectivity index (χ2n) is 5.71. The van der Waals surface area contributed by atoms with Crippen LogP contribution in [0.2, 0.25) is 0 Å². The van der Waals surface area contributed by atoms with Crippen molar-refractivity contribution in [3.8, 4) is 0 Å². The average molecular weight is 289 g/mol. The van der Waals surface area contributed by atoms with Gasteiger partial charge in [-0.25, -0.2) is 0 Å². The lowest BCUT2D eigenvalue weighted by atomic mass is 9.85. The molecule has 0 atom stereocenters. The van der Waals surface area contributed by atoms with E-state index in [0.29, 0.717) is 0 Å². The lowest BCUT2D eigenvalue weighted by molar-refractivity contribution is -0.137. The third kappa shape index (κ3) is 3.72. The molecule has 0 aliphatic heterocycles. The molecule has 1 amide bonds. The zero-order valence-electron chi connectivity index (χ0n) is 11.8. The molecule has 0 spiro atoms. The van der Waals surface area contributed by atoms with Gasteiger partial charge in [0.15, 0.2) is 0 Å². The molecule has 0 aliphatic carbocycles. The smallest absolute Gasteiger partial charge is 0.388 e. The molecule has 0 bridgehead atoms. The van der Waals surface area contributed by atoms with E-state index in [1.165, 1.54) is 0 Å². The van der Waals surface area contributed by atoms with Gasteiger partial charge in [0, 0.05) is 5.56 Å². The summed E-state index contributed by atoms with van der Waals surface area (Å²) in [5.41, 5.74) is -2.80. The van der Waals surface area contributed by atoms with Gasteiger partial charge in [0.25, 0.3) is 5.91 Å². The number of nitrogens with one attached hydrogen (secondary N) is 1. The highest BCUT2D eigenvalue weighted by Gasteiger charge is 2.36. The first-order valence-electron chi connectivity index (χ1n) is 6.07. The molecule has 112 valence electrons. The number of alkyl halides is 3. The van der Waals surface area contributed by atoms with Crippen LogP contribution in [0.25, 0.3) is 0 Å². The van der Waals surface area contributed by atoms with Crippen LogP contribution in [0, 0.1) is 0 Å². The lowest BCUT2D eigenvalue weighted by Crippen LogP contribution is -2.57. The fourth-order valence-corrected chi connectivity index (χ4v) is 1.32. The predicted molar refractivity (Wildman–Crippen MR) is 69.3 cm³/mol. The Hall–Kier alpha value is -1.56. The van der Waals surface area contributed by atoms with Gasteiger partial charge < -0.3 is 10.4 Å². The van der Waals surface area contributed by atoms with Crippen LogP contribution in [0.1, 0.15) is 43.6 Å². The Balaban J connectivity index is 2.90. The Morgan fingerprint density at radius 3 is 1.85 bits per heavy atom. The molecule has 0 heterocycles. The van der Waals surface area contributed by atoms with Crippen LogP contribution in [0.5, 0.6) is 0 Å². The number of halogens is 3. The molecule has 0 aliphatic rings. The lowest BCUT2D eigenvalue weighted by Gasteiger charge is -2.38. The minimum atomic E-state index is -4.43. The molecule has 20 heavy (non-hydrogen) atoms. The SMILES string of the molecule is CC(C)(O)C(C)(C)NC(=O)c1ccc(C(F)(F)F)cc1. The van der Waals surface area contributed by atoms with Crippen molar-refractivity contribution in [2.75, 3.05) is 0 Å². The number of carbonyl (C=O) groups is 1. The summed E-state index contributed by atoms with van der Waals surface area (Å²) in [5, 5.41) is 12.5. The minimum absolute atomic E-state index is 0.107. The number of hydrogen-bond acceptors (Lipinski definition) is 2. The topological polar surface area (TPSA) is 49.3 Å². The molecule has 2 N–H and O–H groups in total. The second-order valence-corrected chi connectivity index (χ2v) is 5.71. The van der Waals surface area contributed by atoms with E-state index in [0.717, 1.165) is 24.3 Å². The first kappa shape index (κ1) is 16.5. The third-order valence-electron chi connectivity index (χ3n) is 3.43. The average Bonchev–Trinajstić information content (AvgIpc) is 2.26. The molecule has 1 rings (SSSR count). The molecule has 0 radical (unpaired) electrons. The van der Waals surface area contributed by atoms with Gasteiger partial charge in [-0.15, -0.1) is 0 Å². The van der Waals surface area contributed by atoms with E-state index in [9.17, 15) is 23.1 Å². The summed E-state index contributed by atoms with van der Waals surface area (Å²) in [7, 11) is 0. The molecule has 3 nitrogen and oxygen atoms in total. The molecule has 0 unspecified atom stereocenters. The van der Waals surface area contributed by atoms with E-state index in [2.05, 4.69) is 5.32 Å². The Morgan fingerprint density at radius 2 is 1.50 bits per heavy atom. The Labute approximate surface area is 115 Å². The summed E-state index contributed by atoms with van der Waals surface area (Å²) in [5.74, 6) is -0.536. The number of carbonyl (C=O) groups excluding carboxylic acids is 1. The van der Waals surface area contributed by atoms with Crippen molar-refractivity contribution < 1.29 is 23.1 Å². The highest BCUT2D eigenvalue weighted by Crippen LogP contribution is 2.29. The van der Waals surface area contributed by atoms with Gasteiger partial charge in [0.05, 0.1) is 16.7 Å². The molecule has 0 aromatic heterocycles. The first-order chi connectivity index (χ1) is 8.84. The van der Waals surface area contributed by atoms with E-state index >= 15 is 0 Å². The Morgan fingerprint density at radius 1 is 1.05 bits per heavy atom. The van der Waals surface area contributed by atoms with Crippen molar-refractivity contribution in [2.24, 2.45) is 0 Å². The van der Waals surface area contributed by atoms with Crippen LogP contribution in [0.15, 0.2) is 24.3 Å². The quantitative estimate of drug-likeness (QED) is 0.898. The maximum Gasteiger partial charge on any atom is 0.416 e. The summed E-state index contributed by atoms with van der Waals surface area (Å²) in [4.78, 5) is 12.0. The number of aliphatic hydroxyl groups is 1. The van der Waals surface area contributed by atoms with Gasteiger partial charge in [-0.3, -0.25) is 4.79 Å². The Bertz CT molecular complexity index is 485. The fraction of sp³-hybridized carbons (Fsp3) is 0.500. The molecule has 0 saturated heterocycles. The van der Waals surface area contributed by atoms with Crippen LogP contribution in [0.3, 0.4) is 0 Å². The van der Waals surface area contributed by atoms with E-state index in [4.69, 9.17) is 0 Å². The van der Waals surface area contributed by atoms with Gasteiger partial charge in [0.2, 0.25) is 0 Å². The fourth-order valence-electron chi connectivity index (χ4n) is 1.32. The van der Waals surface area contributed by atoms with Crippen molar-refractivity contribution in [1.82, 2.24) is 5.32 Å². The highest BCUT2D eigenvalue weighted by molar-refractivity contribution is 5.94. The standard InChI is InChI=1S/C14H18F3NO2/c1-12(2,13(3,4)20)18-11(19)9-5-7-10(8-6-9)14(15,16)17/h5-8,20H,1-4H3,(H,18,19). The van der Waals surface area contributed by atoms with E-state index in [1.54, 1.807) is 27.7 Å². The predicted octanol–water partition coefficient (Wildman–Crippen LogP) is 2.98. The Kier molecular flexibility index (Phi) is 4.20. The number of hydrogen-bond donors (Lipinski definition) is 2. The largest absolute Gasteiger partial charge is 0.416 e. The summed E-state index contributed by atoms with van der Waals surface area (Å²) < 4.78 is 37.2. The summed E-state index contributed by atoms with van der Waals surface area (Å²) in [6, 6.07) is 3.93. The number of benzene rings is 1. The highest BCUT2D eigenvalue weighted by atomic mass is 19.4. The van der Waals surface area contributed by atoms with Gasteiger partial charge >= 0.3 is 6.18 Å². The van der Waals surface area contributed by atoms with Crippen LogP contribution in [-0.4, -0.2) is 22.2 Å². The maximum absolute atomic E-state index is 12.4. The van der Waals surface area contributed by atoms with Crippen LogP contribution >= 0.6 is 0 Å². The van der Waals surface area contributed by atoms with E-state index < -0.39 is 28.8 Å². The van der Waals surface area contributed by atoms with E-state index in [1.807, 2.05) is 0 Å². The van der Waals surface area contributed by atoms with Crippen molar-refractivity contribution in [1.29, 1.82) is 0 Å². The second kappa shape index (κ2) is 5.09. The van der Waals surface area contributed by atoms with Crippen LogP contribution in [-0.2, 0) is 6.18 Å². The molecule has 1 aromatic carbocycles. The van der Waals surface area contributed by atoms with Crippen LogP contribution < -0.4 is 5.32 Å². The molecular formula is C14H18F3NO2. The molecule has 0 fully saturated rings. The zero-order valence-corrected chi connectivity index (χ0v) is 11.8. The molecular weight excluding hydrogens is 271 g/mol. The number of amides is 1. The van der Waals surface area contributed by atoms with Crippen molar-refractivity contribution in [3.63, 3.8) is 0 Å². The van der Waals surface area contributed by atoms with Gasteiger partial charge in [-0.1, -0.05) is 0 Å². The van der Waals surface area contributed by atoms with Crippen molar-refractivity contribution in [2.45, 2.75) is 45.0 Å². The first-order valence-corrected chi connectivity index (χ1v) is 6.07. The third-order valence-corrected chi connectivity index (χ3v) is 3.43. The van der Waals surface area contributed by atoms with E-state index in [-0.39, 0.29) is 5.56 Å². The number of rotatable bonds is 3. The summed E-state index contributed by atoms with van der Waals surface area (Å²) in [6.07, 6.45) is -4.43. The zero-order chi connectivity index (χ0) is 15.8. The molecule has 1 aromatic rings. The monoisotopic (exact) mass is 289 g/mol. The maximum atomic E-state index is 12.4. The summed E-state index contributed by atoms with van der Waals surface area (Å²) >= 11 is 0. The van der Waals surface area contributed by atoms with Crippen LogP contribution in [0.4, 0.5) is 13.2 Å². The van der Waals surface area contributed by atoms with Crippen molar-refractivity contribution in [3.05, 3.63) is 35.4 Å². The summed E-state index contributed by atoms with van der Waals surface area (Å²) in [6.45, 7) is 6.35. The molecule has 0 saturated carbocycles. The molecule has 6 heteroatoms. The van der Waals surface area contributed by atoms with Gasteiger partial charge in [0.1, 0.15) is 0 Å². The normalized spacial score (nSPS) is 13.2. The minimum Gasteiger partial charge on any atom is -0.388 e.